The van der Waals surface area contributed by atoms with Crippen LogP contribution in [0.4, 0.5) is 4.39 Å². The maximum Gasteiger partial charge on any atom is 0.247 e. The summed E-state index contributed by atoms with van der Waals surface area (Å²) in [5, 5.41) is 8.43. The van der Waals surface area contributed by atoms with Gasteiger partial charge in [-0.1, -0.05) is 77.8 Å². The normalized spacial score (nSPS) is 9.52. The van der Waals surface area contributed by atoms with E-state index in [1.165, 1.54) is 69.1 Å². The van der Waals surface area contributed by atoms with Gasteiger partial charge in [0, 0.05) is 12.3 Å². The molecule has 1 N–H and O–H groups in total. The third kappa shape index (κ3) is 14.3. The molecule has 1 heterocycles. The summed E-state index contributed by atoms with van der Waals surface area (Å²) in [7, 11) is 0. The zero-order valence-electron chi connectivity index (χ0n) is 18.6. The summed E-state index contributed by atoms with van der Waals surface area (Å²) in [5.41, 5.74) is 2.40. The minimum Gasteiger partial charge on any atom is -0.329 e. The van der Waals surface area contributed by atoms with E-state index < -0.39 is 0 Å². The molecule has 160 valence electrons. The number of nitrogens with zero attached hydrogens (tertiary/aromatic N) is 1. The van der Waals surface area contributed by atoms with Crippen molar-refractivity contribution in [1.29, 1.82) is 5.26 Å². The number of aryl methyl sites for hydroxylation is 2. The van der Waals surface area contributed by atoms with E-state index in [2.05, 4.69) is 25.8 Å². The largest absolute Gasteiger partial charge is 0.329 e. The molecule has 2 aromatic rings. The molecule has 0 unspecified atom stereocenters. The number of aromatic nitrogens is 1. The molecule has 0 saturated heterocycles. The van der Waals surface area contributed by atoms with Crippen molar-refractivity contribution in [3.05, 3.63) is 69.4 Å². The van der Waals surface area contributed by atoms with Crippen molar-refractivity contribution in [2.45, 2.75) is 85.5 Å². The number of H-pyrrole nitrogens is 1. The maximum absolute atomic E-state index is 12.4. The number of hydrogen-bond donors (Lipinski definition) is 1. The molecule has 3 nitrogen and oxygen atoms in total. The molecule has 29 heavy (non-hydrogen) atoms. The van der Waals surface area contributed by atoms with E-state index in [0.29, 0.717) is 5.56 Å². The maximum atomic E-state index is 12.4. The lowest BCUT2D eigenvalue weighted by Gasteiger charge is -1.96. The van der Waals surface area contributed by atoms with Gasteiger partial charge in [0.1, 0.15) is 5.82 Å². The molecule has 0 spiro atoms. The molecule has 2 rings (SSSR count). The van der Waals surface area contributed by atoms with Gasteiger partial charge in [0.05, 0.1) is 11.6 Å². The van der Waals surface area contributed by atoms with Gasteiger partial charge < -0.3 is 4.98 Å². The number of aromatic amines is 1. The molecule has 0 aliphatic carbocycles. The van der Waals surface area contributed by atoms with Crippen LogP contribution in [0.5, 0.6) is 0 Å². The van der Waals surface area contributed by atoms with Crippen LogP contribution in [0.3, 0.4) is 0 Å². The minimum atomic E-state index is -0.359. The van der Waals surface area contributed by atoms with Crippen LogP contribution in [-0.2, 0) is 6.42 Å². The summed E-state index contributed by atoms with van der Waals surface area (Å²) >= 11 is 0. The lowest BCUT2D eigenvalue weighted by Crippen LogP contribution is -2.02. The van der Waals surface area contributed by atoms with E-state index in [-0.39, 0.29) is 11.4 Å². The zero-order valence-corrected chi connectivity index (χ0v) is 18.6. The lowest BCUT2D eigenvalue weighted by molar-refractivity contribution is 0.624. The molecule has 0 fully saturated rings. The second-order valence-electron chi connectivity index (χ2n) is 7.15. The van der Waals surface area contributed by atoms with Crippen molar-refractivity contribution in [3.63, 3.8) is 0 Å². The third-order valence-electron chi connectivity index (χ3n) is 4.44. The van der Waals surface area contributed by atoms with E-state index in [9.17, 15) is 9.18 Å². The van der Waals surface area contributed by atoms with Crippen molar-refractivity contribution in [2.24, 2.45) is 0 Å². The Balaban J connectivity index is 0.000000412. The molecule has 0 aliphatic heterocycles. The average Bonchev–Trinajstić information content (AvgIpc) is 2.73. The third-order valence-corrected chi connectivity index (χ3v) is 4.44. The number of hydrogen-bond acceptors (Lipinski definition) is 2. The molecule has 4 heteroatoms. The number of pyridine rings is 1. The molecule has 0 atom stereocenters. The predicted molar refractivity (Wildman–Crippen MR) is 121 cm³/mol. The second kappa shape index (κ2) is 17.7. The zero-order chi connectivity index (χ0) is 21.9. The van der Waals surface area contributed by atoms with Crippen LogP contribution in [0, 0.1) is 24.1 Å². The first kappa shape index (κ1) is 26.6. The summed E-state index contributed by atoms with van der Waals surface area (Å²) in [6.07, 6.45) is 13.7. The second-order valence-corrected chi connectivity index (χ2v) is 7.15. The monoisotopic (exact) mass is 400 g/mol. The Labute approximate surface area is 176 Å². The van der Waals surface area contributed by atoms with Crippen molar-refractivity contribution >= 4 is 0 Å². The highest BCUT2D eigenvalue weighted by Gasteiger charge is 1.96. The summed E-state index contributed by atoms with van der Waals surface area (Å²) < 4.78 is 12.4. The minimum absolute atomic E-state index is 0.0229. The molecule has 0 bridgehead atoms. The number of unbranched alkanes of at least 4 members (excludes halogenated alkanes) is 6. The van der Waals surface area contributed by atoms with E-state index in [4.69, 9.17) is 5.26 Å². The van der Waals surface area contributed by atoms with Gasteiger partial charge in [-0.15, -0.1) is 0 Å². The fraction of sp³-hybridized carbons (Fsp3) is 0.520. The number of benzene rings is 1. The SMILES string of the molecule is CCCCCCCC.CCCCc1ccc(=O)[nH]c1.Cc1ccc(F)cc1C#N. The van der Waals surface area contributed by atoms with Gasteiger partial charge in [-0.2, -0.15) is 5.26 Å². The summed E-state index contributed by atoms with van der Waals surface area (Å²) in [6.45, 7) is 8.45. The first-order valence-electron chi connectivity index (χ1n) is 10.8. The first-order chi connectivity index (χ1) is 14.0. The van der Waals surface area contributed by atoms with Crippen LogP contribution in [0.1, 0.15) is 88.8 Å². The average molecular weight is 401 g/mol. The molecule has 0 amide bonds. The van der Waals surface area contributed by atoms with Gasteiger partial charge in [-0.3, -0.25) is 4.79 Å². The summed E-state index contributed by atoms with van der Waals surface area (Å²) in [5.74, 6) is -0.359. The number of nitriles is 1. The molecular formula is C25H37FN2O. The van der Waals surface area contributed by atoms with Crippen LogP contribution in [0.2, 0.25) is 0 Å². The highest BCUT2D eigenvalue weighted by atomic mass is 19.1. The van der Waals surface area contributed by atoms with Crippen LogP contribution >= 0.6 is 0 Å². The van der Waals surface area contributed by atoms with Gasteiger partial charge in [0.25, 0.3) is 0 Å². The Morgan fingerprint density at radius 2 is 1.55 bits per heavy atom. The highest BCUT2D eigenvalue weighted by molar-refractivity contribution is 5.36. The predicted octanol–water partition coefficient (Wildman–Crippen LogP) is 7.09. The van der Waals surface area contributed by atoms with E-state index in [1.54, 1.807) is 25.3 Å². The lowest BCUT2D eigenvalue weighted by atomic mass is 10.1. The van der Waals surface area contributed by atoms with Gasteiger partial charge >= 0.3 is 0 Å². The molecular weight excluding hydrogens is 363 g/mol. The van der Waals surface area contributed by atoms with E-state index in [0.717, 1.165) is 12.0 Å². The van der Waals surface area contributed by atoms with Gasteiger partial charge in [-0.25, -0.2) is 4.39 Å². The highest BCUT2D eigenvalue weighted by Crippen LogP contribution is 2.07. The Morgan fingerprint density at radius 1 is 0.931 bits per heavy atom. The Bertz CT molecular complexity index is 736. The number of nitrogens with one attached hydrogen (secondary N) is 1. The fourth-order valence-electron chi connectivity index (χ4n) is 2.55. The first-order valence-corrected chi connectivity index (χ1v) is 10.8. The topological polar surface area (TPSA) is 56.6 Å². The standard InChI is InChI=1S/C9H13NO.C8H6FN.C8H18/c1-2-3-4-8-5-6-9(11)10-7-8;1-6-2-3-8(9)4-7(6)5-10;1-3-5-7-8-6-4-2/h5-7H,2-4H2,1H3,(H,10,11);2-4H,1H3;3-8H2,1-2H3. The van der Waals surface area contributed by atoms with Crippen molar-refractivity contribution in [3.8, 4) is 6.07 Å². The van der Waals surface area contributed by atoms with Gasteiger partial charge in [0.15, 0.2) is 0 Å². The van der Waals surface area contributed by atoms with E-state index in [1.807, 2.05) is 12.1 Å². The summed E-state index contributed by atoms with van der Waals surface area (Å²) in [6, 6.07) is 9.52. The van der Waals surface area contributed by atoms with Crippen molar-refractivity contribution in [1.82, 2.24) is 4.98 Å². The van der Waals surface area contributed by atoms with Crippen molar-refractivity contribution in [2.75, 3.05) is 0 Å². The van der Waals surface area contributed by atoms with Crippen molar-refractivity contribution < 1.29 is 4.39 Å². The number of halogens is 1. The molecule has 1 aromatic carbocycles. The molecule has 0 saturated carbocycles. The van der Waals surface area contributed by atoms with Crippen LogP contribution in [-0.4, -0.2) is 4.98 Å². The van der Waals surface area contributed by atoms with E-state index >= 15 is 0 Å². The smallest absolute Gasteiger partial charge is 0.247 e. The molecule has 0 radical (unpaired) electrons. The Kier molecular flexibility index (Phi) is 16.2. The van der Waals surface area contributed by atoms with Crippen LogP contribution < -0.4 is 5.56 Å². The summed E-state index contributed by atoms with van der Waals surface area (Å²) in [4.78, 5) is 13.3. The Hall–Kier alpha value is -2.41. The van der Waals surface area contributed by atoms with Crippen LogP contribution in [0.15, 0.2) is 41.3 Å². The molecule has 0 aliphatic rings. The quantitative estimate of drug-likeness (QED) is 0.481. The Morgan fingerprint density at radius 3 is 2.00 bits per heavy atom. The van der Waals surface area contributed by atoms with Gasteiger partial charge in [0.2, 0.25) is 5.56 Å². The fourth-order valence-corrected chi connectivity index (χ4v) is 2.55. The number of rotatable bonds is 8. The molecule has 1 aromatic heterocycles. The van der Waals surface area contributed by atoms with Gasteiger partial charge in [-0.05, 0) is 43.0 Å². The van der Waals surface area contributed by atoms with Crippen LogP contribution in [0.25, 0.3) is 0 Å².